The molecule has 3 aromatic rings. The number of rotatable bonds is 6. The summed E-state index contributed by atoms with van der Waals surface area (Å²) in [6.45, 7) is 3.07. The zero-order chi connectivity index (χ0) is 16.9. The molecule has 0 amide bonds. The predicted molar refractivity (Wildman–Crippen MR) is 101 cm³/mol. The van der Waals surface area contributed by atoms with Gasteiger partial charge in [0.05, 0.1) is 24.2 Å². The van der Waals surface area contributed by atoms with Crippen LogP contribution in [0.1, 0.15) is 5.56 Å². The molecule has 0 fully saturated rings. The van der Waals surface area contributed by atoms with Crippen LogP contribution in [0.3, 0.4) is 0 Å². The largest absolute Gasteiger partial charge is 0.493 e. The number of aryl methyl sites for hydroxylation is 1. The van der Waals surface area contributed by atoms with E-state index in [4.69, 9.17) is 22.8 Å². The number of fused-ring (bicyclic) bond motifs is 1. The first kappa shape index (κ1) is 16.8. The van der Waals surface area contributed by atoms with Gasteiger partial charge in [0.15, 0.2) is 5.16 Å². The Bertz CT molecular complexity index is 898. The van der Waals surface area contributed by atoms with Crippen LogP contribution < -0.4 is 4.74 Å². The molecule has 0 unspecified atom stereocenters. The van der Waals surface area contributed by atoms with E-state index in [1.54, 1.807) is 11.8 Å². The van der Waals surface area contributed by atoms with E-state index in [2.05, 4.69) is 15.5 Å². The molecule has 3 nitrogen and oxygen atoms in total. The first-order chi connectivity index (χ1) is 11.7. The van der Waals surface area contributed by atoms with Crippen LogP contribution in [0.5, 0.6) is 5.75 Å². The van der Waals surface area contributed by atoms with Crippen molar-refractivity contribution in [3.63, 3.8) is 0 Å². The summed E-state index contributed by atoms with van der Waals surface area (Å²) in [4.78, 5) is 4.66. The molecule has 0 N–H and O–H groups in total. The molecular weight excluding hydrogens is 340 g/mol. The number of benzene rings is 2. The topological polar surface area (TPSA) is 27.1 Å². The minimum Gasteiger partial charge on any atom is -0.493 e. The van der Waals surface area contributed by atoms with Crippen molar-refractivity contribution in [2.24, 2.45) is 0 Å². The van der Waals surface area contributed by atoms with Gasteiger partial charge in [-0.1, -0.05) is 41.4 Å². The summed E-state index contributed by atoms with van der Waals surface area (Å²) in [7, 11) is 0. The van der Waals surface area contributed by atoms with Gasteiger partial charge in [-0.15, -0.1) is 6.42 Å². The van der Waals surface area contributed by atoms with Crippen molar-refractivity contribution in [1.82, 2.24) is 9.55 Å². The average Bonchev–Trinajstić information content (AvgIpc) is 2.93. The Morgan fingerprint density at radius 2 is 2.12 bits per heavy atom. The fraction of sp³-hybridized carbons (Fsp3) is 0.211. The minimum absolute atomic E-state index is 0.514. The molecular formula is C19H17ClN2OS. The Morgan fingerprint density at radius 3 is 2.92 bits per heavy atom. The van der Waals surface area contributed by atoms with Crippen molar-refractivity contribution in [2.45, 2.75) is 18.6 Å². The van der Waals surface area contributed by atoms with Crippen molar-refractivity contribution in [3.05, 3.63) is 53.1 Å². The molecule has 0 atom stereocenters. The number of ether oxygens (including phenoxy) is 1. The molecule has 0 radical (unpaired) electrons. The number of nitrogens with zero attached hydrogens (tertiary/aromatic N) is 2. The SMILES string of the molecule is C#CCn1c(SCCOc2ccc(Cl)c(C)c2)nc2ccccc21. The van der Waals surface area contributed by atoms with Crippen molar-refractivity contribution in [2.75, 3.05) is 12.4 Å². The second-order valence-corrected chi connectivity index (χ2v) is 6.75. The summed E-state index contributed by atoms with van der Waals surface area (Å²) >= 11 is 7.67. The fourth-order valence-electron chi connectivity index (χ4n) is 2.41. The Morgan fingerprint density at radius 1 is 1.29 bits per heavy atom. The van der Waals surface area contributed by atoms with Crippen LogP contribution in [0.4, 0.5) is 0 Å². The van der Waals surface area contributed by atoms with E-state index in [0.29, 0.717) is 13.2 Å². The predicted octanol–water partition coefficient (Wildman–Crippen LogP) is 4.80. The van der Waals surface area contributed by atoms with Gasteiger partial charge in [0.2, 0.25) is 0 Å². The quantitative estimate of drug-likeness (QED) is 0.360. The Balaban J connectivity index is 1.64. The van der Waals surface area contributed by atoms with Crippen molar-refractivity contribution in [1.29, 1.82) is 0 Å². The summed E-state index contributed by atoms with van der Waals surface area (Å²) in [6.07, 6.45) is 5.49. The van der Waals surface area contributed by atoms with Crippen LogP contribution in [0.2, 0.25) is 5.02 Å². The number of para-hydroxylation sites is 2. The van der Waals surface area contributed by atoms with E-state index >= 15 is 0 Å². The molecule has 0 bridgehead atoms. The summed E-state index contributed by atoms with van der Waals surface area (Å²) in [5, 5.41) is 1.67. The zero-order valence-electron chi connectivity index (χ0n) is 13.3. The van der Waals surface area contributed by atoms with Crippen LogP contribution >= 0.6 is 23.4 Å². The van der Waals surface area contributed by atoms with Gasteiger partial charge < -0.3 is 9.30 Å². The van der Waals surface area contributed by atoms with E-state index in [9.17, 15) is 0 Å². The second-order valence-electron chi connectivity index (χ2n) is 5.28. The number of halogens is 1. The molecule has 0 saturated heterocycles. The maximum atomic E-state index is 6.02. The highest BCUT2D eigenvalue weighted by molar-refractivity contribution is 7.99. The lowest BCUT2D eigenvalue weighted by Gasteiger charge is -2.08. The van der Waals surface area contributed by atoms with Crippen LogP contribution in [-0.2, 0) is 6.54 Å². The third-order valence-corrected chi connectivity index (χ3v) is 4.95. The number of hydrogen-bond acceptors (Lipinski definition) is 3. The molecule has 0 aliphatic carbocycles. The van der Waals surface area contributed by atoms with E-state index in [0.717, 1.165) is 38.3 Å². The van der Waals surface area contributed by atoms with Gasteiger partial charge in [0.1, 0.15) is 5.75 Å². The van der Waals surface area contributed by atoms with Gasteiger partial charge in [0.25, 0.3) is 0 Å². The molecule has 0 spiro atoms. The third-order valence-electron chi connectivity index (χ3n) is 3.58. The maximum absolute atomic E-state index is 6.02. The van der Waals surface area contributed by atoms with Crippen molar-refractivity contribution >= 4 is 34.4 Å². The van der Waals surface area contributed by atoms with Gasteiger partial charge in [0, 0.05) is 10.8 Å². The lowest BCUT2D eigenvalue weighted by Crippen LogP contribution is -2.03. The summed E-state index contributed by atoms with van der Waals surface area (Å²) < 4.78 is 7.84. The molecule has 3 rings (SSSR count). The molecule has 2 aromatic carbocycles. The summed E-state index contributed by atoms with van der Waals surface area (Å²) in [5.74, 6) is 4.31. The van der Waals surface area contributed by atoms with Gasteiger partial charge in [-0.05, 0) is 42.8 Å². The first-order valence-corrected chi connectivity index (χ1v) is 8.96. The highest BCUT2D eigenvalue weighted by Gasteiger charge is 2.10. The molecule has 1 aromatic heterocycles. The summed E-state index contributed by atoms with van der Waals surface area (Å²) in [5.41, 5.74) is 3.04. The highest BCUT2D eigenvalue weighted by atomic mass is 35.5. The minimum atomic E-state index is 0.514. The molecule has 5 heteroatoms. The Labute approximate surface area is 151 Å². The van der Waals surface area contributed by atoms with Crippen molar-refractivity contribution in [3.8, 4) is 18.1 Å². The molecule has 24 heavy (non-hydrogen) atoms. The third kappa shape index (κ3) is 3.69. The zero-order valence-corrected chi connectivity index (χ0v) is 14.9. The van der Waals surface area contributed by atoms with E-state index in [-0.39, 0.29) is 0 Å². The Kier molecular flexibility index (Phi) is 5.34. The lowest BCUT2D eigenvalue weighted by atomic mass is 10.2. The van der Waals surface area contributed by atoms with Crippen LogP contribution in [-0.4, -0.2) is 21.9 Å². The van der Waals surface area contributed by atoms with Crippen LogP contribution in [0.15, 0.2) is 47.6 Å². The van der Waals surface area contributed by atoms with E-state index in [1.807, 2.05) is 49.4 Å². The smallest absolute Gasteiger partial charge is 0.170 e. The molecule has 122 valence electrons. The number of terminal acetylenes is 1. The van der Waals surface area contributed by atoms with Gasteiger partial charge >= 0.3 is 0 Å². The number of thioether (sulfide) groups is 1. The van der Waals surface area contributed by atoms with Crippen LogP contribution in [0, 0.1) is 19.3 Å². The average molecular weight is 357 g/mol. The maximum Gasteiger partial charge on any atom is 0.170 e. The van der Waals surface area contributed by atoms with Gasteiger partial charge in [-0.2, -0.15) is 0 Å². The van der Waals surface area contributed by atoms with Gasteiger partial charge in [-0.25, -0.2) is 4.98 Å². The highest BCUT2D eigenvalue weighted by Crippen LogP contribution is 2.25. The second kappa shape index (κ2) is 7.65. The first-order valence-electron chi connectivity index (χ1n) is 7.59. The number of imidazole rings is 1. The van der Waals surface area contributed by atoms with Crippen molar-refractivity contribution < 1.29 is 4.74 Å². The number of aromatic nitrogens is 2. The molecule has 0 saturated carbocycles. The summed E-state index contributed by atoms with van der Waals surface area (Å²) in [6, 6.07) is 13.7. The molecule has 1 heterocycles. The molecule has 0 aliphatic heterocycles. The van der Waals surface area contributed by atoms with E-state index in [1.165, 1.54) is 0 Å². The van der Waals surface area contributed by atoms with Crippen LogP contribution in [0.25, 0.3) is 11.0 Å². The fourth-order valence-corrected chi connectivity index (χ4v) is 3.36. The standard InChI is InChI=1S/C19H17ClN2OS/c1-3-10-22-18-7-5-4-6-17(18)21-19(22)24-12-11-23-15-8-9-16(20)14(2)13-15/h1,4-9,13H,10-12H2,2H3. The van der Waals surface area contributed by atoms with E-state index < -0.39 is 0 Å². The normalized spacial score (nSPS) is 10.7. The molecule has 0 aliphatic rings. The van der Waals surface area contributed by atoms with Gasteiger partial charge in [-0.3, -0.25) is 0 Å². The lowest BCUT2D eigenvalue weighted by molar-refractivity contribution is 0.343. The monoisotopic (exact) mass is 356 g/mol. The number of hydrogen-bond donors (Lipinski definition) is 0. The Hall–Kier alpha value is -2.09.